The SMILES string of the molecule is Cn1ccnc1C(O)(CCNc1nc(-c2cccc(Cl)c2)no1)C(F)(F)F. The summed E-state index contributed by atoms with van der Waals surface area (Å²) in [5.41, 5.74) is -2.52. The Bertz CT molecular complexity index is 927. The maximum absolute atomic E-state index is 13.4. The Morgan fingerprint density at radius 3 is 2.74 bits per heavy atom. The quantitative estimate of drug-likeness (QED) is 0.658. The predicted octanol–water partition coefficient (Wildman–Crippen LogP) is 3.38. The normalized spacial score (nSPS) is 14.1. The molecule has 0 fully saturated rings. The first-order valence-electron chi connectivity index (χ1n) is 7.81. The van der Waals surface area contributed by atoms with Gasteiger partial charge in [-0.15, -0.1) is 0 Å². The number of hydrogen-bond acceptors (Lipinski definition) is 6. The fourth-order valence-electron chi connectivity index (χ4n) is 2.53. The molecule has 2 aromatic heterocycles. The van der Waals surface area contributed by atoms with Crippen LogP contribution in [0.15, 0.2) is 41.2 Å². The van der Waals surface area contributed by atoms with Gasteiger partial charge >= 0.3 is 12.2 Å². The maximum atomic E-state index is 13.4. The largest absolute Gasteiger partial charge is 0.424 e. The summed E-state index contributed by atoms with van der Waals surface area (Å²) in [4.78, 5) is 7.69. The van der Waals surface area contributed by atoms with Gasteiger partial charge in [0.15, 0.2) is 0 Å². The highest BCUT2D eigenvalue weighted by atomic mass is 35.5. The van der Waals surface area contributed by atoms with Gasteiger partial charge in [0, 0.05) is 43.0 Å². The summed E-state index contributed by atoms with van der Waals surface area (Å²) in [5.74, 6) is -0.267. The van der Waals surface area contributed by atoms with Crippen molar-refractivity contribution in [3.63, 3.8) is 0 Å². The lowest BCUT2D eigenvalue weighted by molar-refractivity contribution is -0.271. The van der Waals surface area contributed by atoms with E-state index < -0.39 is 24.0 Å². The summed E-state index contributed by atoms with van der Waals surface area (Å²) < 4.78 is 46.4. The van der Waals surface area contributed by atoms with Crippen LogP contribution in [0.1, 0.15) is 12.2 Å². The first kappa shape index (κ1) is 19.2. The zero-order valence-corrected chi connectivity index (χ0v) is 14.8. The van der Waals surface area contributed by atoms with E-state index in [0.29, 0.717) is 10.6 Å². The molecule has 3 aromatic rings. The molecule has 2 N–H and O–H groups in total. The number of rotatable bonds is 6. The van der Waals surface area contributed by atoms with Gasteiger partial charge in [0.25, 0.3) is 0 Å². The van der Waals surface area contributed by atoms with Crippen molar-refractivity contribution in [1.82, 2.24) is 19.7 Å². The van der Waals surface area contributed by atoms with Crippen molar-refractivity contribution in [2.75, 3.05) is 11.9 Å². The number of nitrogens with one attached hydrogen (secondary N) is 1. The third-order valence-electron chi connectivity index (χ3n) is 3.93. The molecule has 11 heteroatoms. The average molecular weight is 402 g/mol. The number of nitrogens with zero attached hydrogens (tertiary/aromatic N) is 4. The molecule has 0 aliphatic carbocycles. The summed E-state index contributed by atoms with van der Waals surface area (Å²) in [5, 5.41) is 17.1. The average Bonchev–Trinajstić information content (AvgIpc) is 3.23. The van der Waals surface area contributed by atoms with E-state index in [0.717, 1.165) is 4.57 Å². The van der Waals surface area contributed by atoms with Crippen LogP contribution < -0.4 is 5.32 Å². The molecule has 0 bridgehead atoms. The van der Waals surface area contributed by atoms with Crippen LogP contribution >= 0.6 is 11.6 Å². The number of halogens is 4. The highest BCUT2D eigenvalue weighted by Crippen LogP contribution is 2.40. The van der Waals surface area contributed by atoms with Crippen molar-refractivity contribution in [3.8, 4) is 11.4 Å². The molecular weight excluding hydrogens is 387 g/mol. The number of benzene rings is 1. The van der Waals surface area contributed by atoms with Crippen LogP contribution in [0.2, 0.25) is 5.02 Å². The van der Waals surface area contributed by atoms with Gasteiger partial charge in [-0.05, 0) is 12.1 Å². The van der Waals surface area contributed by atoms with Crippen molar-refractivity contribution in [1.29, 1.82) is 0 Å². The smallest absolute Gasteiger partial charge is 0.374 e. The summed E-state index contributed by atoms with van der Waals surface area (Å²) in [6.45, 7) is -0.278. The van der Waals surface area contributed by atoms with E-state index in [1.165, 1.54) is 19.4 Å². The van der Waals surface area contributed by atoms with E-state index in [4.69, 9.17) is 16.1 Å². The Balaban J connectivity index is 1.70. The third kappa shape index (κ3) is 3.91. The lowest BCUT2D eigenvalue weighted by Crippen LogP contribution is -2.45. The highest BCUT2D eigenvalue weighted by molar-refractivity contribution is 6.30. The van der Waals surface area contributed by atoms with Gasteiger partial charge < -0.3 is 19.5 Å². The van der Waals surface area contributed by atoms with Gasteiger partial charge in [0.05, 0.1) is 0 Å². The molecule has 0 spiro atoms. The van der Waals surface area contributed by atoms with Crippen molar-refractivity contribution in [2.24, 2.45) is 7.05 Å². The minimum atomic E-state index is -4.91. The van der Waals surface area contributed by atoms with E-state index >= 15 is 0 Å². The number of imidazole rings is 1. The van der Waals surface area contributed by atoms with Crippen molar-refractivity contribution in [2.45, 2.75) is 18.2 Å². The molecule has 0 saturated heterocycles. The van der Waals surface area contributed by atoms with E-state index in [-0.39, 0.29) is 18.4 Å². The lowest BCUT2D eigenvalue weighted by Gasteiger charge is -2.29. The molecule has 0 aliphatic rings. The first-order chi connectivity index (χ1) is 12.7. The minimum absolute atomic E-state index is 0.0747. The summed E-state index contributed by atoms with van der Waals surface area (Å²) in [6.07, 6.45) is -3.09. The van der Waals surface area contributed by atoms with Crippen LogP contribution in [-0.4, -0.2) is 37.5 Å². The van der Waals surface area contributed by atoms with E-state index in [1.54, 1.807) is 24.3 Å². The fraction of sp³-hybridized carbons (Fsp3) is 0.312. The van der Waals surface area contributed by atoms with E-state index in [1.807, 2.05) is 0 Å². The molecule has 7 nitrogen and oxygen atoms in total. The van der Waals surface area contributed by atoms with Gasteiger partial charge in [0.2, 0.25) is 11.4 Å². The monoisotopic (exact) mass is 401 g/mol. The lowest BCUT2D eigenvalue weighted by atomic mass is 9.97. The number of alkyl halides is 3. The number of aliphatic hydroxyl groups is 1. The van der Waals surface area contributed by atoms with Gasteiger partial charge in [-0.25, -0.2) is 4.98 Å². The molecule has 0 saturated carbocycles. The number of hydrogen-bond donors (Lipinski definition) is 2. The molecule has 0 aliphatic heterocycles. The van der Waals surface area contributed by atoms with Crippen molar-refractivity contribution in [3.05, 3.63) is 47.5 Å². The fourth-order valence-corrected chi connectivity index (χ4v) is 2.73. The highest BCUT2D eigenvalue weighted by Gasteiger charge is 2.57. The Morgan fingerprint density at radius 2 is 2.11 bits per heavy atom. The second-order valence-electron chi connectivity index (χ2n) is 5.83. The van der Waals surface area contributed by atoms with Gasteiger partial charge in [-0.3, -0.25) is 0 Å². The molecule has 144 valence electrons. The topological polar surface area (TPSA) is 89.0 Å². The van der Waals surface area contributed by atoms with Crippen LogP contribution in [-0.2, 0) is 12.6 Å². The molecule has 3 rings (SSSR count). The number of anilines is 1. The molecule has 0 radical (unpaired) electrons. The Labute approximate surface area is 156 Å². The molecule has 27 heavy (non-hydrogen) atoms. The predicted molar refractivity (Wildman–Crippen MR) is 91.0 cm³/mol. The molecule has 2 heterocycles. The van der Waals surface area contributed by atoms with Crippen molar-refractivity contribution >= 4 is 17.6 Å². The number of aromatic nitrogens is 4. The zero-order chi connectivity index (χ0) is 19.7. The van der Waals surface area contributed by atoms with Gasteiger partial charge in [-0.2, -0.15) is 18.2 Å². The standard InChI is InChI=1S/C16H15ClF3N5O2/c1-25-8-7-21-13(25)15(26,16(18,19)20)5-6-22-14-23-12(24-27-14)10-3-2-4-11(17)9-10/h2-4,7-9,26H,5-6H2,1H3,(H,22,23,24). The van der Waals surface area contributed by atoms with Crippen molar-refractivity contribution < 1.29 is 22.8 Å². The summed E-state index contributed by atoms with van der Waals surface area (Å²) in [7, 11) is 1.38. The Morgan fingerprint density at radius 1 is 1.33 bits per heavy atom. The molecule has 1 unspecified atom stereocenters. The molecule has 1 aromatic carbocycles. The minimum Gasteiger partial charge on any atom is -0.374 e. The van der Waals surface area contributed by atoms with Gasteiger partial charge in [-0.1, -0.05) is 28.9 Å². The molecule has 0 amide bonds. The molecular formula is C16H15ClF3N5O2. The van der Waals surface area contributed by atoms with Crippen LogP contribution in [0.4, 0.5) is 19.2 Å². The van der Waals surface area contributed by atoms with Crippen LogP contribution in [0, 0.1) is 0 Å². The van der Waals surface area contributed by atoms with Crippen LogP contribution in [0.25, 0.3) is 11.4 Å². The summed E-state index contributed by atoms with van der Waals surface area (Å²) in [6, 6.07) is 6.65. The van der Waals surface area contributed by atoms with E-state index in [9.17, 15) is 18.3 Å². The first-order valence-corrected chi connectivity index (χ1v) is 8.19. The second kappa shape index (κ2) is 7.20. The second-order valence-corrected chi connectivity index (χ2v) is 6.27. The summed E-state index contributed by atoms with van der Waals surface area (Å²) >= 11 is 5.90. The van der Waals surface area contributed by atoms with E-state index in [2.05, 4.69) is 20.4 Å². The Kier molecular flexibility index (Phi) is 5.11. The zero-order valence-electron chi connectivity index (χ0n) is 14.0. The maximum Gasteiger partial charge on any atom is 0.424 e. The third-order valence-corrected chi connectivity index (χ3v) is 4.17. The molecule has 1 atom stereocenters. The van der Waals surface area contributed by atoms with Crippen LogP contribution in [0.3, 0.4) is 0 Å². The van der Waals surface area contributed by atoms with Gasteiger partial charge in [0.1, 0.15) is 5.82 Å². The van der Waals surface area contributed by atoms with Crippen LogP contribution in [0.5, 0.6) is 0 Å². The number of aryl methyl sites for hydroxylation is 1. The Hall–Kier alpha value is -2.59.